The van der Waals surface area contributed by atoms with Gasteiger partial charge >= 0.3 is 0 Å². The molecule has 0 spiro atoms. The molecule has 0 aliphatic carbocycles. The van der Waals surface area contributed by atoms with Gasteiger partial charge in [0.15, 0.2) is 0 Å². The first-order valence-electron chi connectivity index (χ1n) is 4.82. The van der Waals surface area contributed by atoms with Gasteiger partial charge in [-0.3, -0.25) is 0 Å². The van der Waals surface area contributed by atoms with Gasteiger partial charge in [-0.25, -0.2) is 0 Å². The molecule has 0 fully saturated rings. The van der Waals surface area contributed by atoms with Crippen LogP contribution in [0.4, 0.5) is 0 Å². The molecule has 0 radical (unpaired) electrons. The highest BCUT2D eigenvalue weighted by Crippen LogP contribution is 2.32. The number of hydrogen-bond donors (Lipinski definition) is 2. The molecule has 0 amide bonds. The van der Waals surface area contributed by atoms with Crippen LogP contribution in [0, 0.1) is 5.92 Å². The van der Waals surface area contributed by atoms with E-state index in [-0.39, 0.29) is 12.0 Å². The summed E-state index contributed by atoms with van der Waals surface area (Å²) in [6.07, 6.45) is -0.781. The zero-order valence-electron chi connectivity index (χ0n) is 8.74. The van der Waals surface area contributed by atoms with Crippen LogP contribution in [0.3, 0.4) is 0 Å². The molecular formula is C11H15Cl2NO. The van der Waals surface area contributed by atoms with Crippen molar-refractivity contribution >= 4 is 23.2 Å². The van der Waals surface area contributed by atoms with Crippen molar-refractivity contribution in [1.82, 2.24) is 0 Å². The third-order valence-electron chi connectivity index (χ3n) is 2.43. The van der Waals surface area contributed by atoms with Crippen LogP contribution >= 0.6 is 23.2 Å². The van der Waals surface area contributed by atoms with E-state index in [1.54, 1.807) is 18.2 Å². The van der Waals surface area contributed by atoms with Crippen LogP contribution in [-0.2, 0) is 0 Å². The van der Waals surface area contributed by atoms with E-state index < -0.39 is 6.10 Å². The Morgan fingerprint density at radius 3 is 2.40 bits per heavy atom. The van der Waals surface area contributed by atoms with E-state index in [1.807, 2.05) is 13.8 Å². The van der Waals surface area contributed by atoms with Gasteiger partial charge < -0.3 is 10.8 Å². The standard InChI is InChI=1S/C11H15Cl2NO/c1-6(2)10(14)11(15)7-4-3-5-8(12)9(7)13/h3-6,10-11,15H,14H2,1-2H3. The van der Waals surface area contributed by atoms with Gasteiger partial charge in [-0.2, -0.15) is 0 Å². The highest BCUT2D eigenvalue weighted by molar-refractivity contribution is 6.42. The summed E-state index contributed by atoms with van der Waals surface area (Å²) in [6, 6.07) is 4.82. The van der Waals surface area contributed by atoms with E-state index in [0.717, 1.165) is 0 Å². The summed E-state index contributed by atoms with van der Waals surface area (Å²) in [4.78, 5) is 0. The van der Waals surface area contributed by atoms with Crippen LogP contribution in [0.2, 0.25) is 10.0 Å². The molecule has 1 rings (SSSR count). The molecule has 4 heteroatoms. The second-order valence-electron chi connectivity index (χ2n) is 3.91. The zero-order valence-corrected chi connectivity index (χ0v) is 10.3. The van der Waals surface area contributed by atoms with Gasteiger partial charge in [0.25, 0.3) is 0 Å². The van der Waals surface area contributed by atoms with Gasteiger partial charge in [0.2, 0.25) is 0 Å². The topological polar surface area (TPSA) is 46.2 Å². The molecular weight excluding hydrogens is 233 g/mol. The number of aliphatic hydroxyl groups excluding tert-OH is 1. The summed E-state index contributed by atoms with van der Waals surface area (Å²) >= 11 is 11.8. The van der Waals surface area contributed by atoms with Crippen LogP contribution in [0.5, 0.6) is 0 Å². The van der Waals surface area contributed by atoms with E-state index in [1.165, 1.54) is 0 Å². The molecule has 0 saturated heterocycles. The van der Waals surface area contributed by atoms with Gasteiger partial charge in [0.05, 0.1) is 16.1 Å². The largest absolute Gasteiger partial charge is 0.387 e. The van der Waals surface area contributed by atoms with Crippen LogP contribution in [0.15, 0.2) is 18.2 Å². The minimum absolute atomic E-state index is 0.176. The van der Waals surface area contributed by atoms with E-state index in [0.29, 0.717) is 15.6 Å². The van der Waals surface area contributed by atoms with Gasteiger partial charge in [-0.15, -0.1) is 0 Å². The molecule has 2 nitrogen and oxygen atoms in total. The molecule has 0 aromatic heterocycles. The van der Waals surface area contributed by atoms with E-state index in [2.05, 4.69) is 0 Å². The minimum atomic E-state index is -0.781. The van der Waals surface area contributed by atoms with Crippen molar-refractivity contribution in [1.29, 1.82) is 0 Å². The van der Waals surface area contributed by atoms with E-state index in [9.17, 15) is 5.11 Å². The predicted octanol–water partition coefficient (Wildman–Crippen LogP) is 3.01. The summed E-state index contributed by atoms with van der Waals surface area (Å²) < 4.78 is 0. The highest BCUT2D eigenvalue weighted by Gasteiger charge is 2.22. The first-order valence-corrected chi connectivity index (χ1v) is 5.58. The Bertz CT molecular complexity index is 341. The molecule has 2 atom stereocenters. The molecule has 0 saturated carbocycles. The molecule has 15 heavy (non-hydrogen) atoms. The third kappa shape index (κ3) is 2.85. The lowest BCUT2D eigenvalue weighted by Gasteiger charge is -2.23. The maximum Gasteiger partial charge on any atom is 0.0958 e. The Labute approximate surface area is 100.0 Å². The lowest BCUT2D eigenvalue weighted by Crippen LogP contribution is -2.33. The Hall–Kier alpha value is -0.280. The number of benzene rings is 1. The molecule has 0 heterocycles. The van der Waals surface area contributed by atoms with Gasteiger partial charge in [0, 0.05) is 11.6 Å². The summed E-state index contributed by atoms with van der Waals surface area (Å²) in [5.74, 6) is 0.176. The average Bonchev–Trinajstić information content (AvgIpc) is 2.20. The normalized spacial score (nSPS) is 15.4. The fraction of sp³-hybridized carbons (Fsp3) is 0.455. The summed E-state index contributed by atoms with van der Waals surface area (Å²) in [5, 5.41) is 10.8. The SMILES string of the molecule is CC(C)C(N)C(O)c1cccc(Cl)c1Cl. The van der Waals surface area contributed by atoms with Crippen molar-refractivity contribution in [2.75, 3.05) is 0 Å². The molecule has 0 bridgehead atoms. The Morgan fingerprint density at radius 1 is 1.27 bits per heavy atom. The molecule has 1 aromatic rings. The van der Waals surface area contributed by atoms with Crippen molar-refractivity contribution in [3.63, 3.8) is 0 Å². The van der Waals surface area contributed by atoms with Gasteiger partial charge in [0.1, 0.15) is 0 Å². The van der Waals surface area contributed by atoms with Crippen molar-refractivity contribution in [3.8, 4) is 0 Å². The summed E-state index contributed by atoms with van der Waals surface area (Å²) in [6.45, 7) is 3.90. The number of rotatable bonds is 3. The fourth-order valence-electron chi connectivity index (χ4n) is 1.32. The molecule has 1 aromatic carbocycles. The molecule has 2 unspecified atom stereocenters. The van der Waals surface area contributed by atoms with Crippen molar-refractivity contribution in [2.24, 2.45) is 11.7 Å². The maximum absolute atomic E-state index is 10.00. The van der Waals surface area contributed by atoms with Gasteiger partial charge in [-0.05, 0) is 12.0 Å². The number of nitrogens with two attached hydrogens (primary N) is 1. The molecule has 3 N–H and O–H groups in total. The lowest BCUT2D eigenvalue weighted by molar-refractivity contribution is 0.126. The van der Waals surface area contributed by atoms with Crippen LogP contribution < -0.4 is 5.73 Å². The Morgan fingerprint density at radius 2 is 1.87 bits per heavy atom. The Kier molecular flexibility index (Phi) is 4.41. The molecule has 84 valence electrons. The maximum atomic E-state index is 10.00. The fourth-order valence-corrected chi connectivity index (χ4v) is 1.74. The minimum Gasteiger partial charge on any atom is -0.387 e. The monoisotopic (exact) mass is 247 g/mol. The quantitative estimate of drug-likeness (QED) is 0.863. The number of aliphatic hydroxyl groups is 1. The first kappa shape index (κ1) is 12.8. The third-order valence-corrected chi connectivity index (χ3v) is 3.27. The van der Waals surface area contributed by atoms with Gasteiger partial charge in [-0.1, -0.05) is 49.2 Å². The van der Waals surface area contributed by atoms with Crippen molar-refractivity contribution in [2.45, 2.75) is 26.0 Å². The van der Waals surface area contributed by atoms with Crippen molar-refractivity contribution in [3.05, 3.63) is 33.8 Å². The molecule has 0 aliphatic rings. The van der Waals surface area contributed by atoms with Crippen LogP contribution in [0.1, 0.15) is 25.5 Å². The lowest BCUT2D eigenvalue weighted by atomic mass is 9.94. The zero-order chi connectivity index (χ0) is 11.6. The Balaban J connectivity index is 3.01. The number of halogens is 2. The second-order valence-corrected chi connectivity index (χ2v) is 4.69. The second kappa shape index (κ2) is 5.17. The summed E-state index contributed by atoms with van der Waals surface area (Å²) in [7, 11) is 0. The molecule has 0 aliphatic heterocycles. The predicted molar refractivity (Wildman–Crippen MR) is 64.2 cm³/mol. The number of hydrogen-bond acceptors (Lipinski definition) is 2. The van der Waals surface area contributed by atoms with Crippen LogP contribution in [0.25, 0.3) is 0 Å². The highest BCUT2D eigenvalue weighted by atomic mass is 35.5. The van der Waals surface area contributed by atoms with Crippen LogP contribution in [-0.4, -0.2) is 11.1 Å². The average molecular weight is 248 g/mol. The first-order chi connectivity index (χ1) is 6.95. The van der Waals surface area contributed by atoms with E-state index in [4.69, 9.17) is 28.9 Å². The van der Waals surface area contributed by atoms with Crippen molar-refractivity contribution < 1.29 is 5.11 Å². The summed E-state index contributed by atoms with van der Waals surface area (Å²) in [5.41, 5.74) is 6.45. The smallest absolute Gasteiger partial charge is 0.0958 e. The van der Waals surface area contributed by atoms with E-state index >= 15 is 0 Å².